The molecule has 26 heavy (non-hydrogen) atoms. The normalized spacial score (nSPS) is 11.0. The first kappa shape index (κ1) is 19.6. The van der Waals surface area contributed by atoms with Crippen molar-refractivity contribution in [1.29, 1.82) is 0 Å². The fourth-order valence-corrected chi connectivity index (χ4v) is 2.87. The molecule has 0 saturated carbocycles. The average molecular weight is 375 g/mol. The number of hydrogen-bond acceptors (Lipinski definition) is 4. The second kappa shape index (κ2) is 8.59. The monoisotopic (exact) mass is 375 g/mol. The van der Waals surface area contributed by atoms with Gasteiger partial charge in [0.2, 0.25) is 21.8 Å². The van der Waals surface area contributed by atoms with Crippen LogP contribution in [0.25, 0.3) is 0 Å². The predicted molar refractivity (Wildman–Crippen MR) is 98.8 cm³/mol. The zero-order valence-electron chi connectivity index (χ0n) is 14.4. The van der Waals surface area contributed by atoms with Crippen LogP contribution in [0.4, 0.5) is 5.69 Å². The number of nitrogens with zero attached hydrogens (tertiary/aromatic N) is 1. The third kappa shape index (κ3) is 5.98. The molecule has 0 radical (unpaired) electrons. The number of nitrogens with two attached hydrogens (primary N) is 1. The number of amides is 2. The molecule has 0 heterocycles. The zero-order chi connectivity index (χ0) is 19.2. The minimum Gasteiger partial charge on any atom is -0.333 e. The van der Waals surface area contributed by atoms with Crippen LogP contribution in [0.1, 0.15) is 12.5 Å². The van der Waals surface area contributed by atoms with Crippen molar-refractivity contribution in [1.82, 2.24) is 4.90 Å². The molecule has 0 bridgehead atoms. The lowest BCUT2D eigenvalue weighted by molar-refractivity contribution is -0.132. The van der Waals surface area contributed by atoms with E-state index in [1.165, 1.54) is 24.0 Å². The van der Waals surface area contributed by atoms with E-state index in [-0.39, 0.29) is 23.3 Å². The molecular formula is C18H21N3O4S. The molecule has 0 saturated heterocycles. The summed E-state index contributed by atoms with van der Waals surface area (Å²) in [6.45, 7) is 1.69. The van der Waals surface area contributed by atoms with E-state index in [1.807, 2.05) is 18.2 Å². The topological polar surface area (TPSA) is 110 Å². The van der Waals surface area contributed by atoms with Crippen molar-refractivity contribution in [2.75, 3.05) is 18.4 Å². The number of anilines is 1. The van der Waals surface area contributed by atoms with E-state index in [1.54, 1.807) is 24.3 Å². The summed E-state index contributed by atoms with van der Waals surface area (Å²) in [7, 11) is -3.73. The molecular weight excluding hydrogens is 354 g/mol. The Bertz CT molecular complexity index is 865. The van der Waals surface area contributed by atoms with Crippen LogP contribution in [-0.2, 0) is 26.0 Å². The number of hydrogen-bond donors (Lipinski definition) is 2. The molecule has 2 amide bonds. The molecule has 0 aromatic heterocycles. The maximum absolute atomic E-state index is 12.1. The molecule has 2 aromatic rings. The second-order valence-corrected chi connectivity index (χ2v) is 7.36. The highest BCUT2D eigenvalue weighted by Gasteiger charge is 2.14. The number of nitrogens with one attached hydrogen (secondary N) is 1. The summed E-state index contributed by atoms with van der Waals surface area (Å²) in [6, 6.07) is 15.1. The van der Waals surface area contributed by atoms with Crippen molar-refractivity contribution >= 4 is 27.5 Å². The fraction of sp³-hybridized carbons (Fsp3) is 0.222. The molecule has 7 nitrogen and oxygen atoms in total. The summed E-state index contributed by atoms with van der Waals surface area (Å²) >= 11 is 0. The minimum atomic E-state index is -3.73. The van der Waals surface area contributed by atoms with Crippen molar-refractivity contribution in [3.05, 3.63) is 60.2 Å². The second-order valence-electron chi connectivity index (χ2n) is 5.79. The first-order valence-corrected chi connectivity index (χ1v) is 9.52. The Balaban J connectivity index is 1.93. The molecule has 2 rings (SSSR count). The number of rotatable bonds is 7. The van der Waals surface area contributed by atoms with Crippen LogP contribution >= 0.6 is 0 Å². The van der Waals surface area contributed by atoms with Gasteiger partial charge in [-0.15, -0.1) is 0 Å². The van der Waals surface area contributed by atoms with Gasteiger partial charge < -0.3 is 10.2 Å². The summed E-state index contributed by atoms with van der Waals surface area (Å²) in [4.78, 5) is 25.4. The van der Waals surface area contributed by atoms with E-state index in [0.29, 0.717) is 18.7 Å². The molecule has 3 N–H and O–H groups in total. The Morgan fingerprint density at radius 2 is 1.65 bits per heavy atom. The van der Waals surface area contributed by atoms with Gasteiger partial charge in [0.25, 0.3) is 0 Å². The van der Waals surface area contributed by atoms with Gasteiger partial charge in [0.05, 0.1) is 11.4 Å². The highest BCUT2D eigenvalue weighted by atomic mass is 32.2. The third-order valence-corrected chi connectivity index (χ3v) is 4.69. The summed E-state index contributed by atoms with van der Waals surface area (Å²) < 4.78 is 22.5. The van der Waals surface area contributed by atoms with Crippen molar-refractivity contribution in [3.63, 3.8) is 0 Å². The molecule has 0 aliphatic heterocycles. The van der Waals surface area contributed by atoms with Crippen LogP contribution in [0, 0.1) is 0 Å². The quantitative estimate of drug-likeness (QED) is 0.761. The summed E-state index contributed by atoms with van der Waals surface area (Å²) in [6.07, 6.45) is 0.489. The Labute approximate surface area is 152 Å². The standard InChI is InChI=1S/C18H21N3O4S/c1-14(22)21(13-18(23)20-16-5-3-2-4-6-16)12-11-15-7-9-17(10-8-15)26(19,24)25/h2-10H,11-13H2,1H3,(H,20,23)(H2,19,24,25). The van der Waals surface area contributed by atoms with Crippen molar-refractivity contribution in [2.24, 2.45) is 5.14 Å². The SMILES string of the molecule is CC(=O)N(CCc1ccc(S(N)(=O)=O)cc1)CC(=O)Nc1ccccc1. The fourth-order valence-electron chi connectivity index (χ4n) is 2.35. The number of carbonyl (C=O) groups excluding carboxylic acids is 2. The summed E-state index contributed by atoms with van der Waals surface area (Å²) in [5, 5.41) is 7.80. The van der Waals surface area contributed by atoms with Crippen molar-refractivity contribution in [3.8, 4) is 0 Å². The first-order valence-electron chi connectivity index (χ1n) is 7.98. The molecule has 0 spiro atoms. The highest BCUT2D eigenvalue weighted by molar-refractivity contribution is 7.89. The Morgan fingerprint density at radius 1 is 1.04 bits per heavy atom. The van der Waals surface area contributed by atoms with E-state index in [0.717, 1.165) is 5.56 Å². The summed E-state index contributed by atoms with van der Waals surface area (Å²) in [5.41, 5.74) is 1.51. The van der Waals surface area contributed by atoms with Gasteiger partial charge in [0.15, 0.2) is 0 Å². The minimum absolute atomic E-state index is 0.0342. The molecule has 0 aliphatic rings. The van der Waals surface area contributed by atoms with E-state index in [4.69, 9.17) is 5.14 Å². The molecule has 0 unspecified atom stereocenters. The number of carbonyl (C=O) groups is 2. The first-order chi connectivity index (χ1) is 12.3. The number of sulfonamides is 1. The van der Waals surface area contributed by atoms with Gasteiger partial charge >= 0.3 is 0 Å². The smallest absolute Gasteiger partial charge is 0.243 e. The lowest BCUT2D eigenvalue weighted by Gasteiger charge is -2.20. The maximum Gasteiger partial charge on any atom is 0.243 e. The van der Waals surface area contributed by atoms with E-state index in [9.17, 15) is 18.0 Å². The Morgan fingerprint density at radius 3 is 2.19 bits per heavy atom. The van der Waals surface area contributed by atoms with Gasteiger partial charge in [-0.2, -0.15) is 0 Å². The molecule has 138 valence electrons. The molecule has 0 atom stereocenters. The maximum atomic E-state index is 12.1. The number of primary sulfonamides is 1. The molecule has 2 aromatic carbocycles. The number of para-hydroxylation sites is 1. The van der Waals surface area contributed by atoms with E-state index in [2.05, 4.69) is 5.32 Å². The largest absolute Gasteiger partial charge is 0.333 e. The lowest BCUT2D eigenvalue weighted by atomic mass is 10.1. The Kier molecular flexibility index (Phi) is 6.48. The van der Waals surface area contributed by atoms with Gasteiger partial charge in [0.1, 0.15) is 0 Å². The molecule has 8 heteroatoms. The van der Waals surface area contributed by atoms with Crippen LogP contribution in [0.5, 0.6) is 0 Å². The number of benzene rings is 2. The van der Waals surface area contributed by atoms with Gasteiger partial charge in [-0.05, 0) is 36.2 Å². The van der Waals surface area contributed by atoms with Gasteiger partial charge in [-0.25, -0.2) is 13.6 Å². The average Bonchev–Trinajstić information content (AvgIpc) is 2.59. The van der Waals surface area contributed by atoms with Crippen LogP contribution in [-0.4, -0.2) is 38.2 Å². The van der Waals surface area contributed by atoms with Crippen LogP contribution in [0.3, 0.4) is 0 Å². The van der Waals surface area contributed by atoms with E-state index >= 15 is 0 Å². The van der Waals surface area contributed by atoms with Gasteiger partial charge in [-0.3, -0.25) is 9.59 Å². The van der Waals surface area contributed by atoms with Crippen LogP contribution in [0.2, 0.25) is 0 Å². The predicted octanol–water partition coefficient (Wildman–Crippen LogP) is 1.36. The molecule has 0 fully saturated rings. The van der Waals surface area contributed by atoms with Crippen molar-refractivity contribution < 1.29 is 18.0 Å². The van der Waals surface area contributed by atoms with E-state index < -0.39 is 10.0 Å². The zero-order valence-corrected chi connectivity index (χ0v) is 15.2. The highest BCUT2D eigenvalue weighted by Crippen LogP contribution is 2.10. The van der Waals surface area contributed by atoms with Crippen LogP contribution < -0.4 is 10.5 Å². The lowest BCUT2D eigenvalue weighted by Crippen LogP contribution is -2.38. The van der Waals surface area contributed by atoms with Crippen molar-refractivity contribution in [2.45, 2.75) is 18.2 Å². The van der Waals surface area contributed by atoms with Gasteiger partial charge in [-0.1, -0.05) is 30.3 Å². The molecule has 0 aliphatic carbocycles. The third-order valence-electron chi connectivity index (χ3n) is 3.76. The van der Waals surface area contributed by atoms with Gasteiger partial charge in [0, 0.05) is 19.2 Å². The van der Waals surface area contributed by atoms with Crippen LogP contribution in [0.15, 0.2) is 59.5 Å². The Hall–Kier alpha value is -2.71. The summed E-state index contributed by atoms with van der Waals surface area (Å²) in [5.74, 6) is -0.495.